The molecule has 7 nitrogen and oxygen atoms in total. The van der Waals surface area contributed by atoms with Crippen molar-refractivity contribution in [3.05, 3.63) is 33.9 Å². The van der Waals surface area contributed by atoms with Crippen LogP contribution in [0.25, 0.3) is 0 Å². The van der Waals surface area contributed by atoms with Crippen molar-refractivity contribution in [2.45, 2.75) is 18.9 Å². The average molecular weight is 274 g/mol. The number of amides is 1. The lowest BCUT2D eigenvalue weighted by atomic mass is 10.0. The largest absolute Gasteiger partial charge is 0.375 e. The third-order valence-corrected chi connectivity index (χ3v) is 3.33. The summed E-state index contributed by atoms with van der Waals surface area (Å²) in [4.78, 5) is 23.6. The Balaban J connectivity index is 2.24. The molecule has 0 spiro atoms. The molecule has 20 heavy (non-hydrogen) atoms. The van der Waals surface area contributed by atoms with Gasteiger partial charge in [0, 0.05) is 26.1 Å². The minimum absolute atomic E-state index is 0.0280. The van der Waals surface area contributed by atoms with Crippen LogP contribution in [0.2, 0.25) is 0 Å². The van der Waals surface area contributed by atoms with E-state index < -0.39 is 4.92 Å². The predicted molar refractivity (Wildman–Crippen MR) is 72.1 cm³/mol. The highest BCUT2D eigenvalue weighted by molar-refractivity contribution is 5.77. The van der Waals surface area contributed by atoms with Crippen molar-refractivity contribution in [1.29, 1.82) is 5.26 Å². The summed E-state index contributed by atoms with van der Waals surface area (Å²) in [6.45, 7) is 0.493. The lowest BCUT2D eigenvalue weighted by Gasteiger charge is -2.30. The molecule has 1 saturated heterocycles. The van der Waals surface area contributed by atoms with E-state index in [0.29, 0.717) is 25.1 Å². The number of piperidine rings is 1. The second-order valence-electron chi connectivity index (χ2n) is 4.72. The number of hydrogen-bond acceptors (Lipinski definition) is 5. The van der Waals surface area contributed by atoms with Gasteiger partial charge in [-0.25, -0.2) is 0 Å². The summed E-state index contributed by atoms with van der Waals surface area (Å²) in [6, 6.07) is 6.37. The van der Waals surface area contributed by atoms with Gasteiger partial charge >= 0.3 is 5.69 Å². The van der Waals surface area contributed by atoms with Crippen molar-refractivity contribution in [3.63, 3.8) is 0 Å². The minimum atomic E-state index is -0.557. The van der Waals surface area contributed by atoms with Crippen LogP contribution in [0.1, 0.15) is 18.4 Å². The van der Waals surface area contributed by atoms with Crippen LogP contribution in [0, 0.1) is 21.4 Å². The first-order valence-electron chi connectivity index (χ1n) is 6.21. The van der Waals surface area contributed by atoms with Gasteiger partial charge in [-0.2, -0.15) is 5.26 Å². The first-order valence-corrected chi connectivity index (χ1v) is 6.21. The standard InChI is InChI=1S/C13H14N4O3/c1-16-8-10(5-6-12(16)18)15-11-4-2-3-9(7-14)13(11)17(19)20/h2-4,10,15H,5-6,8H2,1H3. The van der Waals surface area contributed by atoms with Crippen LogP contribution in [-0.4, -0.2) is 35.4 Å². The summed E-state index contributed by atoms with van der Waals surface area (Å²) < 4.78 is 0. The van der Waals surface area contributed by atoms with Gasteiger partial charge in [-0.3, -0.25) is 14.9 Å². The Morgan fingerprint density at radius 3 is 2.90 bits per heavy atom. The van der Waals surface area contributed by atoms with Crippen molar-refractivity contribution in [1.82, 2.24) is 4.90 Å². The molecular formula is C13H14N4O3. The number of hydrogen-bond donors (Lipinski definition) is 1. The van der Waals surface area contributed by atoms with Gasteiger partial charge in [-0.15, -0.1) is 0 Å². The SMILES string of the molecule is CN1CC(Nc2cccc(C#N)c2[N+](=O)[O-])CCC1=O. The maximum absolute atomic E-state index is 11.4. The molecule has 1 aromatic rings. The van der Waals surface area contributed by atoms with Crippen molar-refractivity contribution in [2.75, 3.05) is 18.9 Å². The molecule has 0 saturated carbocycles. The van der Waals surface area contributed by atoms with Crippen LogP contribution in [0.5, 0.6) is 0 Å². The third kappa shape index (κ3) is 2.69. The van der Waals surface area contributed by atoms with E-state index in [1.165, 1.54) is 6.07 Å². The van der Waals surface area contributed by atoms with E-state index >= 15 is 0 Å². The van der Waals surface area contributed by atoms with Gasteiger partial charge in [0.2, 0.25) is 5.91 Å². The van der Waals surface area contributed by atoms with E-state index in [1.54, 1.807) is 24.1 Å². The quantitative estimate of drug-likeness (QED) is 0.665. The van der Waals surface area contributed by atoms with Crippen LogP contribution >= 0.6 is 0 Å². The third-order valence-electron chi connectivity index (χ3n) is 3.33. The first-order chi connectivity index (χ1) is 9.52. The summed E-state index contributed by atoms with van der Waals surface area (Å²) in [5.41, 5.74) is 0.136. The minimum Gasteiger partial charge on any atom is -0.375 e. The van der Waals surface area contributed by atoms with E-state index in [9.17, 15) is 14.9 Å². The monoisotopic (exact) mass is 274 g/mol. The molecule has 0 aromatic heterocycles. The molecule has 104 valence electrons. The van der Waals surface area contributed by atoms with Crippen LogP contribution in [0.3, 0.4) is 0 Å². The van der Waals surface area contributed by atoms with Crippen LogP contribution in [0.4, 0.5) is 11.4 Å². The fourth-order valence-electron chi connectivity index (χ4n) is 2.30. The van der Waals surface area contributed by atoms with Crippen LogP contribution in [0.15, 0.2) is 18.2 Å². The second kappa shape index (κ2) is 5.57. The molecule has 0 aliphatic carbocycles. The zero-order valence-corrected chi connectivity index (χ0v) is 11.0. The maximum Gasteiger partial charge on any atom is 0.309 e. The van der Waals surface area contributed by atoms with E-state index in [2.05, 4.69) is 5.32 Å². The summed E-state index contributed by atoms with van der Waals surface area (Å²) >= 11 is 0. The Bertz CT molecular complexity index is 594. The molecule has 1 unspecified atom stereocenters. The van der Waals surface area contributed by atoms with Gasteiger partial charge in [-0.05, 0) is 18.6 Å². The lowest BCUT2D eigenvalue weighted by Crippen LogP contribution is -2.43. The topological polar surface area (TPSA) is 99.3 Å². The van der Waals surface area contributed by atoms with Crippen molar-refractivity contribution in [3.8, 4) is 6.07 Å². The molecule has 1 N–H and O–H groups in total. The number of carbonyl (C=O) groups excluding carboxylic acids is 1. The average Bonchev–Trinajstić information content (AvgIpc) is 2.42. The molecule has 0 radical (unpaired) electrons. The van der Waals surface area contributed by atoms with E-state index in [0.717, 1.165) is 0 Å². The smallest absolute Gasteiger partial charge is 0.309 e. The van der Waals surface area contributed by atoms with Gasteiger partial charge in [0.1, 0.15) is 17.3 Å². The number of anilines is 1. The van der Waals surface area contributed by atoms with Crippen LogP contribution < -0.4 is 5.32 Å². The molecular weight excluding hydrogens is 260 g/mol. The summed E-state index contributed by atoms with van der Waals surface area (Å²) in [5, 5.41) is 23.1. The Kier molecular flexibility index (Phi) is 3.84. The summed E-state index contributed by atoms with van der Waals surface area (Å²) in [6.07, 6.45) is 1.04. The van der Waals surface area contributed by atoms with Crippen LogP contribution in [-0.2, 0) is 4.79 Å². The molecule has 7 heteroatoms. The summed E-state index contributed by atoms with van der Waals surface area (Å²) in [7, 11) is 1.70. The number of nitro benzene ring substituents is 1. The zero-order chi connectivity index (χ0) is 14.7. The van der Waals surface area contributed by atoms with Crippen molar-refractivity contribution in [2.24, 2.45) is 0 Å². The molecule has 1 heterocycles. The highest BCUT2D eigenvalue weighted by atomic mass is 16.6. The van der Waals surface area contributed by atoms with Crippen molar-refractivity contribution >= 4 is 17.3 Å². The first kappa shape index (κ1) is 13.8. The number of likely N-dealkylation sites (tertiary alicyclic amines) is 1. The molecule has 1 atom stereocenters. The molecule has 1 fully saturated rings. The Hall–Kier alpha value is -2.62. The number of nitrogens with one attached hydrogen (secondary N) is 1. The number of nitro groups is 1. The fraction of sp³-hybridized carbons (Fsp3) is 0.385. The van der Waals surface area contributed by atoms with E-state index in [1.807, 2.05) is 6.07 Å². The second-order valence-corrected chi connectivity index (χ2v) is 4.72. The molecule has 0 bridgehead atoms. The number of rotatable bonds is 3. The number of para-hydroxylation sites is 1. The highest BCUT2D eigenvalue weighted by Gasteiger charge is 2.26. The number of likely N-dealkylation sites (N-methyl/N-ethyl adjacent to an activating group) is 1. The lowest BCUT2D eigenvalue weighted by molar-refractivity contribution is -0.384. The molecule has 1 aliphatic rings. The molecule has 1 aliphatic heterocycles. The van der Waals surface area contributed by atoms with Gasteiger partial charge < -0.3 is 10.2 Å². The zero-order valence-electron chi connectivity index (χ0n) is 11.0. The van der Waals surface area contributed by atoms with Gasteiger partial charge in [-0.1, -0.05) is 6.07 Å². The summed E-state index contributed by atoms with van der Waals surface area (Å²) in [5.74, 6) is 0.0725. The number of carbonyl (C=O) groups is 1. The van der Waals surface area contributed by atoms with E-state index in [4.69, 9.17) is 5.26 Å². The van der Waals surface area contributed by atoms with Gasteiger partial charge in [0.15, 0.2) is 0 Å². The molecule has 1 amide bonds. The Morgan fingerprint density at radius 2 is 2.30 bits per heavy atom. The normalized spacial score (nSPS) is 18.5. The fourth-order valence-corrected chi connectivity index (χ4v) is 2.30. The Labute approximate surface area is 115 Å². The van der Waals surface area contributed by atoms with Gasteiger partial charge in [0.05, 0.1) is 4.92 Å². The number of nitriles is 1. The molecule has 2 rings (SSSR count). The maximum atomic E-state index is 11.4. The van der Waals surface area contributed by atoms with Gasteiger partial charge in [0.25, 0.3) is 0 Å². The number of nitrogens with zero attached hydrogens (tertiary/aromatic N) is 3. The number of benzene rings is 1. The van der Waals surface area contributed by atoms with Crippen molar-refractivity contribution < 1.29 is 9.72 Å². The molecule has 1 aromatic carbocycles. The highest BCUT2D eigenvalue weighted by Crippen LogP contribution is 2.29. The predicted octanol–water partition coefficient (Wildman–Crippen LogP) is 1.50. The Morgan fingerprint density at radius 1 is 1.55 bits per heavy atom. The van der Waals surface area contributed by atoms with E-state index in [-0.39, 0.29) is 23.2 Å².